The van der Waals surface area contributed by atoms with Gasteiger partial charge in [-0.1, -0.05) is 43.5 Å². The van der Waals surface area contributed by atoms with Crippen molar-refractivity contribution in [3.8, 4) is 0 Å². The van der Waals surface area contributed by atoms with Crippen molar-refractivity contribution in [3.63, 3.8) is 0 Å². The lowest BCUT2D eigenvalue weighted by molar-refractivity contribution is -0.133. The average molecular weight is 280 g/mol. The van der Waals surface area contributed by atoms with Crippen LogP contribution < -0.4 is 0 Å². The Hall–Kier alpha value is -1.02. The first-order chi connectivity index (χ1) is 9.20. The number of unbranched alkanes of at least 4 members (excludes halogenated alkanes) is 2. The Bertz CT molecular complexity index is 411. The van der Waals surface area contributed by atoms with Gasteiger partial charge >= 0.3 is 0 Å². The van der Waals surface area contributed by atoms with E-state index in [9.17, 15) is 4.79 Å². The number of carbonyl (C=O) groups excluding carboxylic acids is 1. The SMILES string of the molecule is CCCCCN(Cc1ccc(Cl)cc1)C(=O)C1CC1. The zero-order valence-electron chi connectivity index (χ0n) is 11.6. The normalized spacial score (nSPS) is 14.4. The molecule has 0 spiro atoms. The van der Waals surface area contributed by atoms with E-state index in [1.807, 2.05) is 29.2 Å². The van der Waals surface area contributed by atoms with E-state index < -0.39 is 0 Å². The van der Waals surface area contributed by atoms with Gasteiger partial charge in [0.1, 0.15) is 0 Å². The highest BCUT2D eigenvalue weighted by molar-refractivity contribution is 6.30. The predicted molar refractivity (Wildman–Crippen MR) is 79.1 cm³/mol. The van der Waals surface area contributed by atoms with Crippen LogP contribution in [0.1, 0.15) is 44.6 Å². The van der Waals surface area contributed by atoms with Crippen molar-refractivity contribution < 1.29 is 4.79 Å². The van der Waals surface area contributed by atoms with Gasteiger partial charge in [0.2, 0.25) is 5.91 Å². The van der Waals surface area contributed by atoms with Crippen LogP contribution in [0.4, 0.5) is 0 Å². The van der Waals surface area contributed by atoms with E-state index in [-0.39, 0.29) is 0 Å². The molecule has 19 heavy (non-hydrogen) atoms. The van der Waals surface area contributed by atoms with Crippen LogP contribution in [0.15, 0.2) is 24.3 Å². The quantitative estimate of drug-likeness (QED) is 0.683. The minimum atomic E-state index is 0.300. The molecular weight excluding hydrogens is 258 g/mol. The highest BCUT2D eigenvalue weighted by Crippen LogP contribution is 2.31. The van der Waals surface area contributed by atoms with E-state index in [0.29, 0.717) is 11.8 Å². The first-order valence-electron chi connectivity index (χ1n) is 7.24. The average Bonchev–Trinajstić information content (AvgIpc) is 3.24. The lowest BCUT2D eigenvalue weighted by Crippen LogP contribution is -2.32. The summed E-state index contributed by atoms with van der Waals surface area (Å²) >= 11 is 5.89. The minimum absolute atomic E-state index is 0.300. The third-order valence-electron chi connectivity index (χ3n) is 3.56. The van der Waals surface area contributed by atoms with Crippen molar-refractivity contribution in [2.45, 2.75) is 45.6 Å². The maximum absolute atomic E-state index is 12.3. The number of hydrogen-bond donors (Lipinski definition) is 0. The Labute approximate surface area is 120 Å². The molecule has 1 aliphatic carbocycles. The summed E-state index contributed by atoms with van der Waals surface area (Å²) in [5.41, 5.74) is 1.16. The number of hydrogen-bond acceptors (Lipinski definition) is 1. The molecule has 1 aliphatic rings. The minimum Gasteiger partial charge on any atom is -0.338 e. The van der Waals surface area contributed by atoms with Crippen molar-refractivity contribution in [2.24, 2.45) is 5.92 Å². The van der Waals surface area contributed by atoms with Crippen molar-refractivity contribution in [1.29, 1.82) is 0 Å². The van der Waals surface area contributed by atoms with Gasteiger partial charge in [0.05, 0.1) is 0 Å². The molecule has 1 fully saturated rings. The highest BCUT2D eigenvalue weighted by atomic mass is 35.5. The molecule has 0 N–H and O–H groups in total. The van der Waals surface area contributed by atoms with E-state index >= 15 is 0 Å². The summed E-state index contributed by atoms with van der Waals surface area (Å²) in [6.07, 6.45) is 5.62. The fraction of sp³-hybridized carbons (Fsp3) is 0.562. The number of amides is 1. The maximum atomic E-state index is 12.3. The van der Waals surface area contributed by atoms with Crippen LogP contribution >= 0.6 is 11.6 Å². The largest absolute Gasteiger partial charge is 0.338 e. The summed E-state index contributed by atoms with van der Waals surface area (Å²) in [7, 11) is 0. The third kappa shape index (κ3) is 4.54. The standard InChI is InChI=1S/C16H22ClNO/c1-2-3-4-11-18(16(19)14-7-8-14)12-13-5-9-15(17)10-6-13/h5-6,9-10,14H,2-4,7-8,11-12H2,1H3. The summed E-state index contributed by atoms with van der Waals surface area (Å²) in [6, 6.07) is 7.80. The van der Waals surface area contributed by atoms with Gasteiger partial charge in [-0.25, -0.2) is 0 Å². The van der Waals surface area contributed by atoms with Gasteiger partial charge < -0.3 is 4.90 Å². The second-order valence-corrected chi connectivity index (χ2v) is 5.80. The molecule has 3 heteroatoms. The summed E-state index contributed by atoms with van der Waals surface area (Å²) in [5, 5.41) is 0.745. The molecule has 0 saturated heterocycles. The number of carbonyl (C=O) groups is 1. The predicted octanol–water partition coefficient (Wildman–Crippen LogP) is 4.27. The second kappa shape index (κ2) is 6.95. The fourth-order valence-corrected chi connectivity index (χ4v) is 2.34. The van der Waals surface area contributed by atoms with E-state index in [0.717, 1.165) is 42.9 Å². The summed E-state index contributed by atoms with van der Waals surface area (Å²) in [4.78, 5) is 14.3. The number of benzene rings is 1. The van der Waals surface area contributed by atoms with Gasteiger partial charge in [0.15, 0.2) is 0 Å². The van der Waals surface area contributed by atoms with Crippen LogP contribution in [0.25, 0.3) is 0 Å². The Morgan fingerprint density at radius 3 is 2.53 bits per heavy atom. The fourth-order valence-electron chi connectivity index (χ4n) is 2.22. The van der Waals surface area contributed by atoms with Crippen molar-refractivity contribution in [2.75, 3.05) is 6.54 Å². The van der Waals surface area contributed by atoms with Crippen molar-refractivity contribution in [1.82, 2.24) is 4.90 Å². The van der Waals surface area contributed by atoms with Crippen LogP contribution in [-0.2, 0) is 11.3 Å². The third-order valence-corrected chi connectivity index (χ3v) is 3.81. The summed E-state index contributed by atoms with van der Waals surface area (Å²) in [6.45, 7) is 3.79. The van der Waals surface area contributed by atoms with E-state index in [1.54, 1.807) is 0 Å². The Balaban J connectivity index is 1.95. The maximum Gasteiger partial charge on any atom is 0.225 e. The Morgan fingerprint density at radius 2 is 1.95 bits per heavy atom. The Morgan fingerprint density at radius 1 is 1.26 bits per heavy atom. The number of halogens is 1. The van der Waals surface area contributed by atoms with Crippen LogP contribution in [0.5, 0.6) is 0 Å². The molecule has 0 bridgehead atoms. The second-order valence-electron chi connectivity index (χ2n) is 5.37. The number of nitrogens with zero attached hydrogens (tertiary/aromatic N) is 1. The van der Waals surface area contributed by atoms with Gasteiger partial charge in [0.25, 0.3) is 0 Å². The van der Waals surface area contributed by atoms with Gasteiger partial charge in [-0.2, -0.15) is 0 Å². The lowest BCUT2D eigenvalue weighted by Gasteiger charge is -2.23. The van der Waals surface area contributed by atoms with Gasteiger partial charge in [-0.05, 0) is 37.0 Å². The van der Waals surface area contributed by atoms with Crippen LogP contribution in [0, 0.1) is 5.92 Å². The summed E-state index contributed by atoms with van der Waals surface area (Å²) in [5.74, 6) is 0.639. The van der Waals surface area contributed by atoms with Crippen molar-refractivity contribution in [3.05, 3.63) is 34.9 Å². The first-order valence-corrected chi connectivity index (χ1v) is 7.61. The van der Waals surface area contributed by atoms with E-state index in [4.69, 9.17) is 11.6 Å². The molecule has 0 radical (unpaired) electrons. The molecular formula is C16H22ClNO. The molecule has 0 aliphatic heterocycles. The molecule has 0 aromatic heterocycles. The van der Waals surface area contributed by atoms with E-state index in [1.165, 1.54) is 12.8 Å². The topological polar surface area (TPSA) is 20.3 Å². The van der Waals surface area contributed by atoms with Gasteiger partial charge in [-0.15, -0.1) is 0 Å². The van der Waals surface area contributed by atoms with Gasteiger partial charge in [0, 0.05) is 24.0 Å². The van der Waals surface area contributed by atoms with Crippen LogP contribution in [-0.4, -0.2) is 17.4 Å². The number of rotatable bonds is 7. The summed E-state index contributed by atoms with van der Waals surface area (Å²) < 4.78 is 0. The smallest absolute Gasteiger partial charge is 0.225 e. The molecule has 2 rings (SSSR count). The van der Waals surface area contributed by atoms with E-state index in [2.05, 4.69) is 6.92 Å². The van der Waals surface area contributed by atoms with Crippen molar-refractivity contribution >= 4 is 17.5 Å². The zero-order chi connectivity index (χ0) is 13.7. The first kappa shape index (κ1) is 14.4. The van der Waals surface area contributed by atoms with Crippen LogP contribution in [0.2, 0.25) is 5.02 Å². The molecule has 0 unspecified atom stereocenters. The molecule has 1 aromatic carbocycles. The molecule has 0 heterocycles. The highest BCUT2D eigenvalue weighted by Gasteiger charge is 2.33. The Kier molecular flexibility index (Phi) is 5.26. The van der Waals surface area contributed by atoms with Crippen LogP contribution in [0.3, 0.4) is 0 Å². The molecule has 104 valence electrons. The molecule has 2 nitrogen and oxygen atoms in total. The molecule has 1 amide bonds. The lowest BCUT2D eigenvalue weighted by atomic mass is 10.1. The molecule has 0 atom stereocenters. The van der Waals surface area contributed by atoms with Gasteiger partial charge in [-0.3, -0.25) is 4.79 Å². The monoisotopic (exact) mass is 279 g/mol. The molecule has 1 saturated carbocycles. The molecule has 1 aromatic rings. The zero-order valence-corrected chi connectivity index (χ0v) is 12.3.